The lowest BCUT2D eigenvalue weighted by Crippen LogP contribution is -2.60. The van der Waals surface area contributed by atoms with Crippen molar-refractivity contribution in [3.8, 4) is 0 Å². The van der Waals surface area contributed by atoms with Gasteiger partial charge in [-0.25, -0.2) is 0 Å². The Balaban J connectivity index is 2.24. The average Bonchev–Trinajstić information content (AvgIpc) is 3.45. The second-order valence-electron chi connectivity index (χ2n) is 20.8. The van der Waals surface area contributed by atoms with Gasteiger partial charge in [-0.05, 0) is 103 Å². The van der Waals surface area contributed by atoms with Gasteiger partial charge < -0.3 is 40.3 Å². The van der Waals surface area contributed by atoms with E-state index < -0.39 is 49.5 Å². The molecule has 0 aromatic heterocycles. The summed E-state index contributed by atoms with van der Waals surface area (Å²) in [6.45, 7) is 3.64. The first kappa shape index (κ1) is 72.1. The Morgan fingerprint density at radius 3 is 1.18 bits per heavy atom. The maximum absolute atomic E-state index is 13.1. The smallest absolute Gasteiger partial charge is 0.220 e. The molecule has 0 aliphatic carbocycles. The fourth-order valence-electron chi connectivity index (χ4n) is 8.81. The summed E-state index contributed by atoms with van der Waals surface area (Å²) in [5, 5.41) is 54.5. The molecule has 1 rings (SSSR count). The molecular weight excluding hydrogens is 971 g/mol. The molecule has 1 aliphatic heterocycles. The summed E-state index contributed by atoms with van der Waals surface area (Å²) < 4.78 is 11.3. The predicted molar refractivity (Wildman–Crippen MR) is 331 cm³/mol. The van der Waals surface area contributed by atoms with Crippen molar-refractivity contribution in [3.63, 3.8) is 0 Å². The van der Waals surface area contributed by atoms with Gasteiger partial charge in [-0.3, -0.25) is 4.79 Å². The van der Waals surface area contributed by atoms with Crippen molar-refractivity contribution in [2.45, 2.75) is 269 Å². The van der Waals surface area contributed by atoms with Crippen molar-refractivity contribution in [2.24, 2.45) is 0 Å². The maximum Gasteiger partial charge on any atom is 0.220 e. The molecule has 0 saturated carbocycles. The van der Waals surface area contributed by atoms with E-state index in [9.17, 15) is 30.3 Å². The molecule has 0 radical (unpaired) electrons. The van der Waals surface area contributed by atoms with Crippen molar-refractivity contribution in [2.75, 3.05) is 13.2 Å². The Kier molecular flexibility index (Phi) is 52.1. The van der Waals surface area contributed by atoms with Crippen LogP contribution in [-0.4, -0.2) is 87.5 Å². The van der Waals surface area contributed by atoms with Gasteiger partial charge in [0.1, 0.15) is 24.4 Å². The molecule has 1 fully saturated rings. The van der Waals surface area contributed by atoms with Crippen LogP contribution in [0.3, 0.4) is 0 Å². The van der Waals surface area contributed by atoms with Crippen LogP contribution in [0.1, 0.15) is 226 Å². The number of nitrogens with one attached hydrogen (secondary N) is 1. The minimum Gasteiger partial charge on any atom is -0.394 e. The second kappa shape index (κ2) is 56.3. The number of aliphatic hydroxyl groups excluding tert-OH is 5. The molecule has 7 unspecified atom stereocenters. The number of allylic oxidation sites excluding steroid dienone is 23. The van der Waals surface area contributed by atoms with Crippen LogP contribution >= 0.6 is 0 Å². The van der Waals surface area contributed by atoms with Crippen molar-refractivity contribution in [1.82, 2.24) is 5.32 Å². The summed E-state index contributed by atoms with van der Waals surface area (Å²) in [6, 6.07) is -0.834. The fraction of sp³-hybridized carbons (Fsp3) is 0.638. The number of rotatable bonds is 51. The van der Waals surface area contributed by atoms with Crippen LogP contribution < -0.4 is 5.32 Å². The van der Waals surface area contributed by atoms with Crippen LogP contribution in [-0.2, 0) is 14.3 Å². The summed E-state index contributed by atoms with van der Waals surface area (Å²) >= 11 is 0. The van der Waals surface area contributed by atoms with Crippen LogP contribution in [0.15, 0.2) is 146 Å². The molecule has 1 heterocycles. The number of unbranched alkanes of at least 4 members (excludes halogenated alkanes) is 19. The van der Waals surface area contributed by atoms with Gasteiger partial charge in [0.25, 0.3) is 0 Å². The summed E-state index contributed by atoms with van der Waals surface area (Å²) in [4.78, 5) is 13.1. The summed E-state index contributed by atoms with van der Waals surface area (Å²) in [5.74, 6) is -0.214. The van der Waals surface area contributed by atoms with Gasteiger partial charge in [0, 0.05) is 6.42 Å². The number of hydrogen-bond donors (Lipinski definition) is 6. The highest BCUT2D eigenvalue weighted by atomic mass is 16.7. The third-order valence-corrected chi connectivity index (χ3v) is 13.7. The van der Waals surface area contributed by atoms with Crippen molar-refractivity contribution < 1.29 is 39.8 Å². The fourth-order valence-corrected chi connectivity index (χ4v) is 8.81. The summed E-state index contributed by atoms with van der Waals surface area (Å²) in [7, 11) is 0. The summed E-state index contributed by atoms with van der Waals surface area (Å²) in [5.41, 5.74) is 0. The quantitative estimate of drug-likeness (QED) is 0.0261. The number of ether oxygens (including phenoxy) is 2. The number of carbonyl (C=O) groups is 1. The Hall–Kier alpha value is -3.93. The van der Waals surface area contributed by atoms with E-state index in [4.69, 9.17) is 9.47 Å². The topological polar surface area (TPSA) is 149 Å². The molecule has 0 spiro atoms. The first-order valence-electron chi connectivity index (χ1n) is 31.1. The van der Waals surface area contributed by atoms with E-state index in [0.717, 1.165) is 109 Å². The van der Waals surface area contributed by atoms with Gasteiger partial charge >= 0.3 is 0 Å². The monoisotopic (exact) mass is 1080 g/mol. The van der Waals surface area contributed by atoms with E-state index in [-0.39, 0.29) is 12.5 Å². The molecule has 7 atom stereocenters. The molecule has 78 heavy (non-hydrogen) atoms. The molecule has 1 amide bonds. The van der Waals surface area contributed by atoms with E-state index in [0.29, 0.717) is 12.8 Å². The van der Waals surface area contributed by atoms with Crippen LogP contribution in [0.4, 0.5) is 0 Å². The second-order valence-corrected chi connectivity index (χ2v) is 20.8. The van der Waals surface area contributed by atoms with Crippen LogP contribution in [0, 0.1) is 0 Å². The lowest BCUT2D eigenvalue weighted by molar-refractivity contribution is -0.302. The molecule has 6 N–H and O–H groups in total. The minimum absolute atomic E-state index is 0.211. The Morgan fingerprint density at radius 1 is 0.449 bits per heavy atom. The number of aliphatic hydroxyl groups is 5. The molecule has 1 saturated heterocycles. The largest absolute Gasteiger partial charge is 0.394 e. The molecular formula is C69H113NO8. The third-order valence-electron chi connectivity index (χ3n) is 13.7. The first-order valence-corrected chi connectivity index (χ1v) is 31.1. The van der Waals surface area contributed by atoms with Gasteiger partial charge in [-0.2, -0.15) is 0 Å². The zero-order valence-corrected chi connectivity index (χ0v) is 49.1. The highest BCUT2D eigenvalue weighted by Crippen LogP contribution is 2.23. The molecule has 0 aromatic carbocycles. The average molecular weight is 1080 g/mol. The van der Waals surface area contributed by atoms with Gasteiger partial charge in [0.2, 0.25) is 5.91 Å². The van der Waals surface area contributed by atoms with E-state index in [1.807, 2.05) is 6.08 Å². The maximum atomic E-state index is 13.1. The Morgan fingerprint density at radius 2 is 0.795 bits per heavy atom. The molecule has 1 aliphatic rings. The first-order chi connectivity index (χ1) is 38.3. The highest BCUT2D eigenvalue weighted by Gasteiger charge is 2.44. The predicted octanol–water partition coefficient (Wildman–Crippen LogP) is 16.2. The molecule has 9 heteroatoms. The molecule has 0 aromatic rings. The van der Waals surface area contributed by atoms with Gasteiger partial charge in [-0.1, -0.05) is 262 Å². The lowest BCUT2D eigenvalue weighted by atomic mass is 9.99. The SMILES string of the molecule is CC/C=C\C/C=C\C/C=C\C/C=C\C/C=C\C/C=C\C/C=C\C/C=C\C/C=C\C/C=C\C/C=C\CCCCCC(=O)NC(COC1OC(CO)C(O)C(O)C1O)C(O)/C=C/CCCCCCCCCCCCCCCCCC. The van der Waals surface area contributed by atoms with E-state index >= 15 is 0 Å². The van der Waals surface area contributed by atoms with Crippen LogP contribution in [0.5, 0.6) is 0 Å². The highest BCUT2D eigenvalue weighted by molar-refractivity contribution is 5.76. The molecule has 442 valence electrons. The zero-order valence-electron chi connectivity index (χ0n) is 49.1. The van der Waals surface area contributed by atoms with Gasteiger partial charge in [0.05, 0.1) is 25.4 Å². The third kappa shape index (κ3) is 44.9. The Bertz CT molecular complexity index is 1730. The molecule has 9 nitrogen and oxygen atoms in total. The van der Waals surface area contributed by atoms with E-state index in [1.54, 1.807) is 6.08 Å². The Labute approximate surface area is 476 Å². The van der Waals surface area contributed by atoms with E-state index in [1.165, 1.54) is 89.9 Å². The normalized spacial score (nSPS) is 19.7. The zero-order chi connectivity index (χ0) is 56.5. The number of carbonyl (C=O) groups excluding carboxylic acids is 1. The van der Waals surface area contributed by atoms with Crippen molar-refractivity contribution >= 4 is 5.91 Å². The van der Waals surface area contributed by atoms with Crippen LogP contribution in [0.2, 0.25) is 0 Å². The molecule has 0 bridgehead atoms. The lowest BCUT2D eigenvalue weighted by Gasteiger charge is -2.40. The number of hydrogen-bond acceptors (Lipinski definition) is 8. The van der Waals surface area contributed by atoms with Crippen molar-refractivity contribution in [3.05, 3.63) is 146 Å². The van der Waals surface area contributed by atoms with E-state index in [2.05, 4.69) is 153 Å². The van der Waals surface area contributed by atoms with Gasteiger partial charge in [0.15, 0.2) is 6.29 Å². The van der Waals surface area contributed by atoms with Crippen LogP contribution in [0.25, 0.3) is 0 Å². The minimum atomic E-state index is -1.58. The van der Waals surface area contributed by atoms with Crippen molar-refractivity contribution in [1.29, 1.82) is 0 Å². The standard InChI is InChI=1S/C69H113NO8/c1-3-5-7-9-11-13-15-17-19-21-23-24-25-26-27-28-29-30-31-32-33-34-35-36-37-38-39-40-41-43-45-47-49-51-53-55-57-59-65(73)70-62(61-77-69-68(76)67(75)66(74)64(60-71)78-69)63(72)58-56-54-52-50-48-46-44-42-22-20-18-16-14-12-10-8-6-4-2/h5,7,11,13,17,19,23-24,26-27,29-30,32-33,35-36,38-39,41,43,47,49,56,58,62-64,66-69,71-72,74-76H,3-4,6,8-10,12,14-16,18,20-22,25,28,31,34,37,40,42,44-46,48,50-55,57,59-61H2,1-2H3,(H,70,73)/b7-5-,13-11-,19-17-,24-23-,27-26-,30-29-,33-32-,36-35-,39-38-,43-41-,49-47-,58-56+. The van der Waals surface area contributed by atoms with Gasteiger partial charge in [-0.15, -0.1) is 0 Å². The summed E-state index contributed by atoms with van der Waals surface area (Å²) in [6.07, 6.45) is 80.5. The number of amides is 1.